The summed E-state index contributed by atoms with van der Waals surface area (Å²) in [5.74, 6) is 0. The summed E-state index contributed by atoms with van der Waals surface area (Å²) in [6.45, 7) is 3.63. The minimum atomic E-state index is -0.736. The van der Waals surface area contributed by atoms with Crippen molar-refractivity contribution in [1.29, 1.82) is 0 Å². The smallest absolute Gasteiger partial charge is 0.315 e. The average Bonchev–Trinajstić information content (AvgIpc) is 3.09. The molecule has 2 aliphatic rings. The molecule has 0 bridgehead atoms. The van der Waals surface area contributed by atoms with E-state index in [-0.39, 0.29) is 18.1 Å². The molecular formula is C17H25N3O3. The van der Waals surface area contributed by atoms with Crippen molar-refractivity contribution in [2.45, 2.75) is 50.5 Å². The van der Waals surface area contributed by atoms with Gasteiger partial charge in [-0.15, -0.1) is 0 Å². The summed E-state index contributed by atoms with van der Waals surface area (Å²) in [7, 11) is 0. The van der Waals surface area contributed by atoms with Crippen LogP contribution in [0.2, 0.25) is 0 Å². The molecule has 2 amide bonds. The molecule has 1 aliphatic carbocycles. The predicted octanol–water partition coefficient (Wildman–Crippen LogP) is 0.621. The number of aliphatic hydroxyl groups excluding tert-OH is 2. The Balaban J connectivity index is 1.46. The largest absolute Gasteiger partial charge is 0.390 e. The van der Waals surface area contributed by atoms with Gasteiger partial charge < -0.3 is 25.7 Å². The van der Waals surface area contributed by atoms with Crippen LogP contribution >= 0.6 is 0 Å². The Labute approximate surface area is 136 Å². The van der Waals surface area contributed by atoms with Gasteiger partial charge in [0.1, 0.15) is 0 Å². The number of rotatable bonds is 4. The maximum atomic E-state index is 12.0. The number of hydrogen-bond acceptors (Lipinski definition) is 4. The van der Waals surface area contributed by atoms with Gasteiger partial charge in [-0.25, -0.2) is 4.79 Å². The highest BCUT2D eigenvalue weighted by Gasteiger charge is 2.32. The third-order valence-corrected chi connectivity index (χ3v) is 4.84. The van der Waals surface area contributed by atoms with Crippen LogP contribution in [0.1, 0.15) is 25.3 Å². The fraction of sp³-hybridized carbons (Fsp3) is 0.588. The third-order valence-electron chi connectivity index (χ3n) is 4.84. The molecule has 1 aromatic carbocycles. The molecule has 23 heavy (non-hydrogen) atoms. The van der Waals surface area contributed by atoms with Crippen molar-refractivity contribution in [1.82, 2.24) is 10.6 Å². The van der Waals surface area contributed by atoms with Crippen molar-refractivity contribution in [3.05, 3.63) is 29.8 Å². The van der Waals surface area contributed by atoms with Crippen molar-refractivity contribution in [3.8, 4) is 0 Å². The van der Waals surface area contributed by atoms with Crippen LogP contribution in [-0.2, 0) is 6.42 Å². The molecule has 6 heteroatoms. The average molecular weight is 319 g/mol. The number of fused-ring (bicyclic) bond motifs is 1. The zero-order valence-electron chi connectivity index (χ0n) is 13.4. The molecule has 2 unspecified atom stereocenters. The van der Waals surface area contributed by atoms with Crippen LogP contribution in [0.4, 0.5) is 10.5 Å². The predicted molar refractivity (Wildman–Crippen MR) is 88.5 cm³/mol. The van der Waals surface area contributed by atoms with Crippen LogP contribution in [0.5, 0.6) is 0 Å². The van der Waals surface area contributed by atoms with Crippen molar-refractivity contribution < 1.29 is 15.0 Å². The molecule has 3 rings (SSSR count). The van der Waals surface area contributed by atoms with Gasteiger partial charge in [-0.3, -0.25) is 0 Å². The number of hydrogen-bond donors (Lipinski definition) is 4. The molecule has 4 N–H and O–H groups in total. The van der Waals surface area contributed by atoms with E-state index in [0.717, 1.165) is 13.0 Å². The third kappa shape index (κ3) is 3.59. The molecular weight excluding hydrogens is 294 g/mol. The van der Waals surface area contributed by atoms with Gasteiger partial charge in [0.05, 0.1) is 12.2 Å². The maximum Gasteiger partial charge on any atom is 0.315 e. The van der Waals surface area contributed by atoms with E-state index in [1.165, 1.54) is 11.3 Å². The van der Waals surface area contributed by atoms with E-state index in [4.69, 9.17) is 0 Å². The molecule has 126 valence electrons. The summed E-state index contributed by atoms with van der Waals surface area (Å²) in [4.78, 5) is 14.3. The lowest BCUT2D eigenvalue weighted by atomic mass is 10.2. The highest BCUT2D eigenvalue weighted by atomic mass is 16.3. The Hall–Kier alpha value is -1.79. The fourth-order valence-corrected chi connectivity index (χ4v) is 3.52. The molecule has 6 nitrogen and oxygen atoms in total. The summed E-state index contributed by atoms with van der Waals surface area (Å²) in [5.41, 5.74) is 2.61. The van der Waals surface area contributed by atoms with Crippen LogP contribution in [0, 0.1) is 0 Å². The monoisotopic (exact) mass is 319 g/mol. The van der Waals surface area contributed by atoms with Crippen LogP contribution in [-0.4, -0.2) is 53.6 Å². The number of nitrogens with one attached hydrogen (secondary N) is 2. The van der Waals surface area contributed by atoms with E-state index in [1.807, 2.05) is 6.07 Å². The second-order valence-electron chi connectivity index (χ2n) is 6.58. The summed E-state index contributed by atoms with van der Waals surface area (Å²) in [5, 5.41) is 24.7. The van der Waals surface area contributed by atoms with Crippen LogP contribution < -0.4 is 15.5 Å². The van der Waals surface area contributed by atoms with E-state index in [9.17, 15) is 15.0 Å². The molecule has 4 atom stereocenters. The molecule has 1 saturated carbocycles. The molecule has 1 fully saturated rings. The quantitative estimate of drug-likeness (QED) is 0.655. The summed E-state index contributed by atoms with van der Waals surface area (Å²) in [6, 6.07) is 8.19. The first kappa shape index (κ1) is 16.1. The fourth-order valence-electron chi connectivity index (χ4n) is 3.52. The number of anilines is 1. The Morgan fingerprint density at radius 2 is 2.00 bits per heavy atom. The summed E-state index contributed by atoms with van der Waals surface area (Å²) < 4.78 is 0. The minimum absolute atomic E-state index is 0.164. The zero-order valence-corrected chi connectivity index (χ0v) is 13.4. The van der Waals surface area contributed by atoms with Gasteiger partial charge in [-0.1, -0.05) is 18.2 Å². The number of carbonyl (C=O) groups excluding carboxylic acids is 1. The number of aliphatic hydroxyl groups is 2. The Morgan fingerprint density at radius 1 is 1.30 bits per heavy atom. The lowest BCUT2D eigenvalue weighted by Crippen LogP contribution is -2.47. The molecule has 1 aromatic rings. The van der Waals surface area contributed by atoms with Crippen molar-refractivity contribution in [3.63, 3.8) is 0 Å². The SMILES string of the molecule is CC(CNC(=O)NC1C[C@@H](O)[C@@H](O)C1)N1CCc2ccccc21. The van der Waals surface area contributed by atoms with E-state index >= 15 is 0 Å². The maximum absolute atomic E-state index is 12.0. The number of urea groups is 1. The highest BCUT2D eigenvalue weighted by Crippen LogP contribution is 2.28. The lowest BCUT2D eigenvalue weighted by molar-refractivity contribution is 0.0438. The normalized spacial score (nSPS) is 27.6. The number of carbonyl (C=O) groups is 1. The van der Waals surface area contributed by atoms with Gasteiger partial charge in [0, 0.05) is 30.9 Å². The number of benzene rings is 1. The second-order valence-corrected chi connectivity index (χ2v) is 6.58. The topological polar surface area (TPSA) is 84.8 Å². The van der Waals surface area contributed by atoms with Crippen molar-refractivity contribution in [2.24, 2.45) is 0 Å². The van der Waals surface area contributed by atoms with E-state index < -0.39 is 12.2 Å². The molecule has 1 heterocycles. The van der Waals surface area contributed by atoms with Crippen LogP contribution in [0.15, 0.2) is 24.3 Å². The van der Waals surface area contributed by atoms with Gasteiger partial charge in [0.2, 0.25) is 0 Å². The molecule has 0 spiro atoms. The second kappa shape index (κ2) is 6.76. The molecule has 0 aromatic heterocycles. The zero-order chi connectivity index (χ0) is 16.4. The lowest BCUT2D eigenvalue weighted by Gasteiger charge is -2.27. The number of para-hydroxylation sites is 1. The van der Waals surface area contributed by atoms with Gasteiger partial charge in [-0.2, -0.15) is 0 Å². The highest BCUT2D eigenvalue weighted by molar-refractivity contribution is 5.74. The van der Waals surface area contributed by atoms with E-state index in [1.54, 1.807) is 0 Å². The van der Waals surface area contributed by atoms with Crippen molar-refractivity contribution in [2.75, 3.05) is 18.0 Å². The number of amides is 2. The van der Waals surface area contributed by atoms with E-state index in [2.05, 4.69) is 40.7 Å². The summed E-state index contributed by atoms with van der Waals surface area (Å²) >= 11 is 0. The van der Waals surface area contributed by atoms with Gasteiger partial charge in [0.15, 0.2) is 0 Å². The van der Waals surface area contributed by atoms with Crippen LogP contribution in [0.25, 0.3) is 0 Å². The Kier molecular flexibility index (Phi) is 4.73. The van der Waals surface area contributed by atoms with Gasteiger partial charge >= 0.3 is 6.03 Å². The Morgan fingerprint density at radius 3 is 2.74 bits per heavy atom. The summed E-state index contributed by atoms with van der Waals surface area (Å²) in [6.07, 6.45) is 0.387. The van der Waals surface area contributed by atoms with Crippen LogP contribution in [0.3, 0.4) is 0 Å². The van der Waals surface area contributed by atoms with E-state index in [0.29, 0.717) is 19.4 Å². The standard InChI is InChI=1S/C17H25N3O3/c1-11(20-7-6-12-4-2-3-5-14(12)20)10-18-17(23)19-13-8-15(21)16(22)9-13/h2-5,11,13,15-16,21-22H,6-10H2,1H3,(H2,18,19,23)/t11?,13?,15-,16+. The molecule has 0 saturated heterocycles. The van der Waals surface area contributed by atoms with Gasteiger partial charge in [-0.05, 0) is 37.8 Å². The number of nitrogens with zero attached hydrogens (tertiary/aromatic N) is 1. The van der Waals surface area contributed by atoms with Gasteiger partial charge in [0.25, 0.3) is 0 Å². The first-order chi connectivity index (χ1) is 11.0. The first-order valence-corrected chi connectivity index (χ1v) is 8.29. The minimum Gasteiger partial charge on any atom is -0.390 e. The van der Waals surface area contributed by atoms with Crippen molar-refractivity contribution >= 4 is 11.7 Å². The molecule has 0 radical (unpaired) electrons. The molecule has 1 aliphatic heterocycles. The first-order valence-electron chi connectivity index (χ1n) is 8.29. The Bertz CT molecular complexity index is 556.